The molecule has 1 aromatic carbocycles. The van der Waals surface area contributed by atoms with E-state index in [-0.39, 0.29) is 16.8 Å². The number of aromatic nitrogens is 7. The molecule has 12 heteroatoms. The van der Waals surface area contributed by atoms with Crippen LogP contribution in [0.2, 0.25) is 15.3 Å². The summed E-state index contributed by atoms with van der Waals surface area (Å²) >= 11 is 18.8. The molecule has 5 heterocycles. The Hall–Kier alpha value is -3.66. The molecule has 0 saturated carbocycles. The van der Waals surface area contributed by atoms with Gasteiger partial charge in [-0.15, -0.1) is 5.10 Å². The van der Waals surface area contributed by atoms with Crippen molar-refractivity contribution in [3.8, 4) is 28.1 Å². The molecule has 0 saturated heterocycles. The van der Waals surface area contributed by atoms with Gasteiger partial charge < -0.3 is 14.9 Å². The summed E-state index contributed by atoms with van der Waals surface area (Å²) in [5.74, 6) is 1.38. The molecule has 0 aliphatic carbocycles. The predicted octanol–water partition coefficient (Wildman–Crippen LogP) is 5.42. The number of halogens is 3. The van der Waals surface area contributed by atoms with E-state index in [0.29, 0.717) is 40.2 Å². The quantitative estimate of drug-likeness (QED) is 0.301. The van der Waals surface area contributed by atoms with Gasteiger partial charge in [0, 0.05) is 41.2 Å². The Labute approximate surface area is 226 Å². The molecule has 0 radical (unpaired) electrons. The first kappa shape index (κ1) is 23.7. The van der Waals surface area contributed by atoms with Gasteiger partial charge in [-0.05, 0) is 54.8 Å². The first-order valence-corrected chi connectivity index (χ1v) is 12.6. The molecule has 1 aliphatic heterocycles. The van der Waals surface area contributed by atoms with Crippen molar-refractivity contribution in [3.63, 3.8) is 0 Å². The minimum absolute atomic E-state index is 0.147. The van der Waals surface area contributed by atoms with Crippen LogP contribution in [0, 0.1) is 0 Å². The average Bonchev–Trinajstić information content (AvgIpc) is 3.62. The van der Waals surface area contributed by atoms with Crippen LogP contribution in [-0.2, 0) is 6.42 Å². The van der Waals surface area contributed by atoms with E-state index in [0.717, 1.165) is 28.2 Å². The summed E-state index contributed by atoms with van der Waals surface area (Å²) < 4.78 is 3.33. The molecule has 5 aromatic rings. The Morgan fingerprint density at radius 1 is 1.08 bits per heavy atom. The van der Waals surface area contributed by atoms with Gasteiger partial charge in [0.25, 0.3) is 5.56 Å². The number of H-pyrrole nitrogens is 1. The van der Waals surface area contributed by atoms with Crippen molar-refractivity contribution in [1.82, 2.24) is 34.5 Å². The van der Waals surface area contributed by atoms with Crippen molar-refractivity contribution in [3.05, 3.63) is 92.1 Å². The SMILES string of the molecule is CNc1ccc(-c2nc([C@@H]3CCc4cc(-c5cc(Cl)ccc5-n5cc(Cl)nn5)cc(=O)n43)[nH]c2Cl)cn1. The second kappa shape index (κ2) is 9.33. The van der Waals surface area contributed by atoms with E-state index in [2.05, 4.69) is 25.6 Å². The third-order valence-electron chi connectivity index (χ3n) is 6.40. The lowest BCUT2D eigenvalue weighted by Gasteiger charge is -2.15. The first-order chi connectivity index (χ1) is 17.9. The number of rotatable bonds is 5. The van der Waals surface area contributed by atoms with Crippen molar-refractivity contribution >= 4 is 40.6 Å². The van der Waals surface area contributed by atoms with Gasteiger partial charge in [-0.25, -0.2) is 14.6 Å². The molecule has 9 nitrogen and oxygen atoms in total. The van der Waals surface area contributed by atoms with Crippen LogP contribution in [-0.4, -0.2) is 41.6 Å². The molecule has 0 amide bonds. The van der Waals surface area contributed by atoms with Gasteiger partial charge in [0.2, 0.25) is 0 Å². The van der Waals surface area contributed by atoms with Crippen molar-refractivity contribution < 1.29 is 0 Å². The molecular formula is C25H19Cl3N8O. The van der Waals surface area contributed by atoms with E-state index < -0.39 is 0 Å². The molecule has 1 atom stereocenters. The summed E-state index contributed by atoms with van der Waals surface area (Å²) in [4.78, 5) is 25.7. The number of hydrogen-bond donors (Lipinski definition) is 2. The van der Waals surface area contributed by atoms with Crippen LogP contribution in [0.3, 0.4) is 0 Å². The molecule has 2 N–H and O–H groups in total. The summed E-state index contributed by atoms with van der Waals surface area (Å²) in [6.07, 6.45) is 4.72. The summed E-state index contributed by atoms with van der Waals surface area (Å²) in [5, 5.41) is 12.1. The highest BCUT2D eigenvalue weighted by atomic mass is 35.5. The Morgan fingerprint density at radius 3 is 2.68 bits per heavy atom. The second-order valence-electron chi connectivity index (χ2n) is 8.61. The van der Waals surface area contributed by atoms with Crippen molar-refractivity contribution in [2.75, 3.05) is 12.4 Å². The number of anilines is 1. The zero-order valence-corrected chi connectivity index (χ0v) is 21.7. The predicted molar refractivity (Wildman–Crippen MR) is 144 cm³/mol. The lowest BCUT2D eigenvalue weighted by Crippen LogP contribution is -2.24. The number of fused-ring (bicyclic) bond motifs is 1. The number of imidazole rings is 1. The molecule has 0 unspecified atom stereocenters. The van der Waals surface area contributed by atoms with Crippen molar-refractivity contribution in [2.24, 2.45) is 0 Å². The van der Waals surface area contributed by atoms with Crippen LogP contribution in [0.25, 0.3) is 28.1 Å². The monoisotopic (exact) mass is 552 g/mol. The summed E-state index contributed by atoms with van der Waals surface area (Å²) in [7, 11) is 1.81. The Balaban J connectivity index is 1.39. The topological polar surface area (TPSA) is 106 Å². The molecule has 37 heavy (non-hydrogen) atoms. The van der Waals surface area contributed by atoms with E-state index in [9.17, 15) is 4.79 Å². The minimum atomic E-state index is -0.264. The standard InChI is InChI=1S/C25H19Cl3N8O/c1-29-21-7-2-13(11-30-21)23-24(28)32-25(31-23)19-6-4-16-8-14(9-22(37)36(16)19)17-10-15(26)3-5-18(17)35-12-20(27)33-34-35/h2-3,5,7-12,19H,4,6H2,1H3,(H,29,30)(H,31,32)/t19-/m0/s1. The minimum Gasteiger partial charge on any atom is -0.373 e. The number of pyridine rings is 2. The molecule has 0 spiro atoms. The summed E-state index contributed by atoms with van der Waals surface area (Å²) in [5.41, 5.74) is 4.32. The van der Waals surface area contributed by atoms with E-state index in [1.165, 1.54) is 0 Å². The van der Waals surface area contributed by atoms with E-state index in [1.54, 1.807) is 46.9 Å². The maximum absolute atomic E-state index is 13.4. The highest BCUT2D eigenvalue weighted by Gasteiger charge is 2.29. The normalized spacial score (nSPS) is 14.6. The number of benzene rings is 1. The largest absolute Gasteiger partial charge is 0.373 e. The van der Waals surface area contributed by atoms with Gasteiger partial charge in [-0.2, -0.15) is 0 Å². The molecular weight excluding hydrogens is 535 g/mol. The fraction of sp³-hybridized carbons (Fsp3) is 0.160. The summed E-state index contributed by atoms with van der Waals surface area (Å²) in [6, 6.07) is 12.5. The molecule has 1 aliphatic rings. The number of hydrogen-bond acceptors (Lipinski definition) is 6. The van der Waals surface area contributed by atoms with Crippen LogP contribution >= 0.6 is 34.8 Å². The zero-order valence-electron chi connectivity index (χ0n) is 19.4. The van der Waals surface area contributed by atoms with E-state index in [4.69, 9.17) is 39.8 Å². The number of nitrogens with zero attached hydrogens (tertiary/aromatic N) is 6. The first-order valence-electron chi connectivity index (χ1n) is 11.4. The molecule has 6 rings (SSSR count). The average molecular weight is 554 g/mol. The fourth-order valence-electron chi connectivity index (χ4n) is 4.71. The van der Waals surface area contributed by atoms with Gasteiger partial charge in [0.1, 0.15) is 22.5 Å². The van der Waals surface area contributed by atoms with Crippen molar-refractivity contribution in [2.45, 2.75) is 18.9 Å². The van der Waals surface area contributed by atoms with Crippen LogP contribution in [0.1, 0.15) is 24.0 Å². The smallest absolute Gasteiger partial charge is 0.252 e. The van der Waals surface area contributed by atoms with Gasteiger partial charge >= 0.3 is 0 Å². The number of nitrogens with one attached hydrogen (secondary N) is 2. The fourth-order valence-corrected chi connectivity index (χ4v) is 5.26. The lowest BCUT2D eigenvalue weighted by atomic mass is 10.0. The molecule has 0 bridgehead atoms. The lowest BCUT2D eigenvalue weighted by molar-refractivity contribution is 0.572. The van der Waals surface area contributed by atoms with E-state index in [1.807, 2.05) is 24.3 Å². The van der Waals surface area contributed by atoms with Crippen molar-refractivity contribution in [1.29, 1.82) is 0 Å². The maximum Gasteiger partial charge on any atom is 0.252 e. The third-order valence-corrected chi connectivity index (χ3v) is 7.08. The Bertz CT molecular complexity index is 1690. The Morgan fingerprint density at radius 2 is 1.95 bits per heavy atom. The molecule has 186 valence electrons. The van der Waals surface area contributed by atoms with E-state index >= 15 is 0 Å². The molecule has 0 fully saturated rings. The maximum atomic E-state index is 13.4. The van der Waals surface area contributed by atoms with Gasteiger partial charge in [0.05, 0.1) is 17.9 Å². The van der Waals surface area contributed by atoms with Gasteiger partial charge in [0.15, 0.2) is 5.15 Å². The van der Waals surface area contributed by atoms with Crippen LogP contribution in [0.15, 0.2) is 59.7 Å². The highest BCUT2D eigenvalue weighted by Crippen LogP contribution is 2.36. The van der Waals surface area contributed by atoms with Crippen LogP contribution in [0.5, 0.6) is 0 Å². The van der Waals surface area contributed by atoms with Gasteiger partial charge in [-0.3, -0.25) is 4.79 Å². The van der Waals surface area contributed by atoms with Gasteiger partial charge in [-0.1, -0.05) is 40.0 Å². The molecule has 4 aromatic heterocycles. The number of aromatic amines is 1. The summed E-state index contributed by atoms with van der Waals surface area (Å²) in [6.45, 7) is 0. The zero-order chi connectivity index (χ0) is 25.7. The van der Waals surface area contributed by atoms with Crippen LogP contribution < -0.4 is 10.9 Å². The third kappa shape index (κ3) is 4.29. The highest BCUT2D eigenvalue weighted by molar-refractivity contribution is 6.32. The number of aryl methyl sites for hydroxylation is 1. The Kier molecular flexibility index (Phi) is 5.98. The second-order valence-corrected chi connectivity index (χ2v) is 9.81. The van der Waals surface area contributed by atoms with Crippen LogP contribution in [0.4, 0.5) is 5.82 Å².